The zero-order chi connectivity index (χ0) is 7.98. The lowest BCUT2D eigenvalue weighted by molar-refractivity contribution is -0.759. The van der Waals surface area contributed by atoms with Gasteiger partial charge in [-0.15, -0.1) is 10.1 Å². The van der Waals surface area contributed by atoms with Crippen molar-refractivity contribution in [3.8, 4) is 0 Å². The Hall–Kier alpha value is -0.840. The van der Waals surface area contributed by atoms with Gasteiger partial charge in [0.2, 0.25) is 0 Å². The summed E-state index contributed by atoms with van der Waals surface area (Å²) in [6.07, 6.45) is -0.213. The fraction of sp³-hybridized carbons (Fsp3) is 1.00. The van der Waals surface area contributed by atoms with E-state index in [2.05, 4.69) is 4.84 Å². The Morgan fingerprint density at radius 1 is 1.70 bits per heavy atom. The maximum absolute atomic E-state index is 9.64. The summed E-state index contributed by atoms with van der Waals surface area (Å²) in [6.45, 7) is 4.08. The van der Waals surface area contributed by atoms with Crippen molar-refractivity contribution >= 4 is 0 Å². The van der Waals surface area contributed by atoms with Crippen LogP contribution in [0.15, 0.2) is 0 Å². The molecule has 60 valence electrons. The molecule has 10 heavy (non-hydrogen) atoms. The van der Waals surface area contributed by atoms with E-state index in [-0.39, 0.29) is 12.7 Å². The van der Waals surface area contributed by atoms with Crippen LogP contribution in [-0.2, 0) is 9.57 Å². The van der Waals surface area contributed by atoms with Gasteiger partial charge in [-0.25, -0.2) is 0 Å². The van der Waals surface area contributed by atoms with Crippen LogP contribution < -0.4 is 0 Å². The highest BCUT2D eigenvalue weighted by atomic mass is 17.0. The summed E-state index contributed by atoms with van der Waals surface area (Å²) < 4.78 is 4.96. The molecule has 0 N–H and O–H groups in total. The molecule has 0 bridgehead atoms. The Bertz CT molecular complexity index is 106. The molecular formula is C5H11NO4. The van der Waals surface area contributed by atoms with E-state index in [0.717, 1.165) is 0 Å². The third-order valence-electron chi connectivity index (χ3n) is 0.866. The Kier molecular flexibility index (Phi) is 4.57. The van der Waals surface area contributed by atoms with Gasteiger partial charge in [0.05, 0.1) is 6.10 Å². The van der Waals surface area contributed by atoms with E-state index >= 15 is 0 Å². The number of ether oxygens (including phenoxy) is 1. The van der Waals surface area contributed by atoms with Gasteiger partial charge in [-0.3, -0.25) is 0 Å². The van der Waals surface area contributed by atoms with Crippen molar-refractivity contribution < 1.29 is 14.7 Å². The molecule has 0 fully saturated rings. The zero-order valence-electron chi connectivity index (χ0n) is 6.07. The van der Waals surface area contributed by atoms with Crippen molar-refractivity contribution in [3.63, 3.8) is 0 Å². The van der Waals surface area contributed by atoms with Gasteiger partial charge in [-0.1, -0.05) is 0 Å². The second-order valence-electron chi connectivity index (χ2n) is 1.79. The molecule has 0 rings (SSSR count). The van der Waals surface area contributed by atoms with Crippen LogP contribution in [-0.4, -0.2) is 24.4 Å². The predicted molar refractivity (Wildman–Crippen MR) is 34.0 cm³/mol. The van der Waals surface area contributed by atoms with Crippen LogP contribution in [0.25, 0.3) is 0 Å². The van der Waals surface area contributed by atoms with Gasteiger partial charge in [0.1, 0.15) is 6.61 Å². The average molecular weight is 149 g/mol. The van der Waals surface area contributed by atoms with Gasteiger partial charge in [-0.2, -0.15) is 0 Å². The highest BCUT2D eigenvalue weighted by Gasteiger charge is 2.02. The minimum Gasteiger partial charge on any atom is -0.377 e. The second kappa shape index (κ2) is 4.99. The zero-order valence-corrected chi connectivity index (χ0v) is 6.07. The first-order valence-corrected chi connectivity index (χ1v) is 3.05. The number of nitrogens with zero attached hydrogens (tertiary/aromatic N) is 1. The standard InChI is InChI=1S/C5H11NO4/c1-3-9-5(2)4-10-6(7)8/h5H,3-4H2,1-2H3. The molecule has 0 aliphatic heterocycles. The Morgan fingerprint density at radius 2 is 2.30 bits per heavy atom. The summed E-state index contributed by atoms with van der Waals surface area (Å²) in [7, 11) is 0. The van der Waals surface area contributed by atoms with E-state index in [1.54, 1.807) is 6.92 Å². The van der Waals surface area contributed by atoms with E-state index in [1.807, 2.05) is 6.92 Å². The molecule has 0 saturated carbocycles. The highest BCUT2D eigenvalue weighted by molar-refractivity contribution is 4.42. The van der Waals surface area contributed by atoms with Gasteiger partial charge in [0, 0.05) is 6.61 Å². The second-order valence-corrected chi connectivity index (χ2v) is 1.79. The van der Waals surface area contributed by atoms with Crippen LogP contribution in [0.2, 0.25) is 0 Å². The molecule has 1 atom stereocenters. The molecule has 0 aromatic heterocycles. The van der Waals surface area contributed by atoms with E-state index in [4.69, 9.17) is 4.74 Å². The first kappa shape index (κ1) is 9.16. The lowest BCUT2D eigenvalue weighted by Crippen LogP contribution is -2.18. The summed E-state index contributed by atoms with van der Waals surface area (Å²) in [6, 6.07) is 0. The van der Waals surface area contributed by atoms with Crippen LogP contribution in [0, 0.1) is 10.1 Å². The normalized spacial score (nSPS) is 12.6. The summed E-state index contributed by atoms with van der Waals surface area (Å²) in [4.78, 5) is 13.7. The molecule has 5 heteroatoms. The van der Waals surface area contributed by atoms with Gasteiger partial charge in [-0.05, 0) is 13.8 Å². The molecule has 0 saturated heterocycles. The topological polar surface area (TPSA) is 61.6 Å². The van der Waals surface area contributed by atoms with Gasteiger partial charge in [0.15, 0.2) is 0 Å². The molecule has 0 aromatic carbocycles. The maximum Gasteiger partial charge on any atom is 0.294 e. The molecule has 0 heterocycles. The largest absolute Gasteiger partial charge is 0.377 e. The summed E-state index contributed by atoms with van der Waals surface area (Å²) in [5.74, 6) is 0. The third-order valence-corrected chi connectivity index (χ3v) is 0.866. The minimum atomic E-state index is -0.824. The summed E-state index contributed by atoms with van der Waals surface area (Å²) in [5.41, 5.74) is 0. The lowest BCUT2D eigenvalue weighted by atomic mass is 10.4. The molecule has 0 radical (unpaired) electrons. The van der Waals surface area contributed by atoms with Gasteiger partial charge in [0.25, 0.3) is 5.09 Å². The number of rotatable bonds is 5. The molecule has 0 amide bonds. The van der Waals surface area contributed by atoms with Crippen LogP contribution in [0.3, 0.4) is 0 Å². The smallest absolute Gasteiger partial charge is 0.294 e. The van der Waals surface area contributed by atoms with Crippen molar-refractivity contribution in [2.24, 2.45) is 0 Å². The van der Waals surface area contributed by atoms with Gasteiger partial charge >= 0.3 is 0 Å². The molecule has 5 nitrogen and oxygen atoms in total. The van der Waals surface area contributed by atoms with Crippen LogP contribution in [0.1, 0.15) is 13.8 Å². The number of hydrogen-bond acceptors (Lipinski definition) is 4. The van der Waals surface area contributed by atoms with Crippen LogP contribution >= 0.6 is 0 Å². The first-order chi connectivity index (χ1) is 4.66. The Morgan fingerprint density at radius 3 is 2.70 bits per heavy atom. The third kappa shape index (κ3) is 5.30. The van der Waals surface area contributed by atoms with Crippen molar-refractivity contribution in [1.82, 2.24) is 0 Å². The van der Waals surface area contributed by atoms with Crippen molar-refractivity contribution in [2.75, 3.05) is 13.2 Å². The summed E-state index contributed by atoms with van der Waals surface area (Å²) in [5, 5.41) is 8.81. The first-order valence-electron chi connectivity index (χ1n) is 3.05. The van der Waals surface area contributed by atoms with E-state index in [1.165, 1.54) is 0 Å². The Balaban J connectivity index is 3.21. The monoisotopic (exact) mass is 149 g/mol. The van der Waals surface area contributed by atoms with E-state index in [0.29, 0.717) is 6.61 Å². The predicted octanol–water partition coefficient (Wildman–Crippen LogP) is 0.620. The summed E-state index contributed by atoms with van der Waals surface area (Å²) >= 11 is 0. The molecular weight excluding hydrogens is 138 g/mol. The van der Waals surface area contributed by atoms with Crippen molar-refractivity contribution in [1.29, 1.82) is 0 Å². The molecule has 0 aliphatic rings. The molecule has 0 spiro atoms. The van der Waals surface area contributed by atoms with E-state index in [9.17, 15) is 10.1 Å². The van der Waals surface area contributed by atoms with Gasteiger partial charge < -0.3 is 9.57 Å². The fourth-order valence-corrected chi connectivity index (χ4v) is 0.498. The highest BCUT2D eigenvalue weighted by Crippen LogP contribution is 1.90. The SMILES string of the molecule is CCOC(C)CO[N+](=O)[O-]. The molecule has 0 aromatic rings. The quantitative estimate of drug-likeness (QED) is 0.424. The van der Waals surface area contributed by atoms with E-state index < -0.39 is 5.09 Å². The number of hydrogen-bond donors (Lipinski definition) is 0. The van der Waals surface area contributed by atoms with Crippen molar-refractivity contribution in [3.05, 3.63) is 10.1 Å². The maximum atomic E-state index is 9.64. The fourth-order valence-electron chi connectivity index (χ4n) is 0.498. The average Bonchev–Trinajstić information content (AvgIpc) is 1.85. The minimum absolute atomic E-state index is 0.000833. The lowest BCUT2D eigenvalue weighted by Gasteiger charge is -2.08. The van der Waals surface area contributed by atoms with Crippen LogP contribution in [0.5, 0.6) is 0 Å². The van der Waals surface area contributed by atoms with Crippen molar-refractivity contribution in [2.45, 2.75) is 20.0 Å². The Labute approximate surface area is 59.0 Å². The van der Waals surface area contributed by atoms with Crippen LogP contribution in [0.4, 0.5) is 0 Å². The molecule has 0 aliphatic carbocycles. The molecule has 1 unspecified atom stereocenters.